The Bertz CT molecular complexity index is 633. The summed E-state index contributed by atoms with van der Waals surface area (Å²) in [5.41, 5.74) is 0. The van der Waals surface area contributed by atoms with E-state index in [1.165, 1.54) is 15.9 Å². The van der Waals surface area contributed by atoms with Crippen LogP contribution >= 0.6 is 16.8 Å². The van der Waals surface area contributed by atoms with Gasteiger partial charge in [0.2, 0.25) is 0 Å². The van der Waals surface area contributed by atoms with E-state index in [-0.39, 0.29) is 0 Å². The van der Waals surface area contributed by atoms with Gasteiger partial charge in [-0.05, 0) is 0 Å². The predicted octanol–water partition coefficient (Wildman–Crippen LogP) is 4.59. The standard InChI is InChI=1S/C21H21P.ClH.Pd/c1-2-18-22(19-12-6-3-7-13-19,20-14-8-4-9-15-20)21-16-10-5-11-17-21;;/h2-17,22H,1,18H2;1H;/q;;+1/p-1. The van der Waals surface area contributed by atoms with Gasteiger partial charge in [0, 0.05) is 0 Å². The van der Waals surface area contributed by atoms with Gasteiger partial charge in [-0.15, -0.1) is 0 Å². The van der Waals surface area contributed by atoms with Gasteiger partial charge in [-0.1, -0.05) is 0 Å². The van der Waals surface area contributed by atoms with E-state index in [2.05, 4.69) is 131 Å². The third-order valence-electron chi connectivity index (χ3n) is 4.25. The Morgan fingerprint density at radius 2 is 0.958 bits per heavy atom. The Morgan fingerprint density at radius 3 is 1.21 bits per heavy atom. The molecule has 0 aromatic heterocycles. The third kappa shape index (κ3) is 4.06. The van der Waals surface area contributed by atoms with Gasteiger partial charge in [0.1, 0.15) is 0 Å². The molecule has 0 aliphatic heterocycles. The van der Waals surface area contributed by atoms with Crippen LogP contribution in [0.1, 0.15) is 0 Å². The van der Waals surface area contributed by atoms with Crippen LogP contribution in [0.25, 0.3) is 0 Å². The average Bonchev–Trinajstić information content (AvgIpc) is 2.70. The maximum atomic E-state index is 4.49. The first-order valence-electron chi connectivity index (χ1n) is 7.77. The number of rotatable bonds is 5. The zero-order valence-corrected chi connectivity index (χ0v) is 16.7. The molecular formula is C21H21ClPPd. The molecule has 3 aromatic carbocycles. The second-order valence-electron chi connectivity index (χ2n) is 5.50. The number of hydrogen-bond acceptors (Lipinski definition) is 0. The Kier molecular flexibility index (Phi) is 7.91. The van der Waals surface area contributed by atoms with Crippen molar-refractivity contribution >= 4 is 32.7 Å². The fourth-order valence-corrected chi connectivity index (χ4v) is 7.66. The van der Waals surface area contributed by atoms with Crippen LogP contribution in [0, 0.1) is 0 Å². The maximum absolute atomic E-state index is 4.49. The Hall–Kier alpha value is -1.22. The summed E-state index contributed by atoms with van der Waals surface area (Å²) < 4.78 is 0. The van der Waals surface area contributed by atoms with Gasteiger partial charge >= 0.3 is 161 Å². The molecule has 0 amide bonds. The van der Waals surface area contributed by atoms with E-state index in [1.807, 2.05) is 0 Å². The molecule has 3 aromatic rings. The number of halogens is 1. The number of hydrogen-bond donors (Lipinski definition) is 0. The molecule has 3 heteroatoms. The first-order chi connectivity index (χ1) is 11.9. The molecule has 24 heavy (non-hydrogen) atoms. The molecule has 0 nitrogen and oxygen atoms in total. The predicted molar refractivity (Wildman–Crippen MR) is 107 cm³/mol. The summed E-state index contributed by atoms with van der Waals surface area (Å²) in [6.07, 6.45) is 3.09. The molecule has 3 rings (SSSR count). The van der Waals surface area contributed by atoms with Crippen molar-refractivity contribution in [3.05, 3.63) is 104 Å². The SMILES string of the molecule is C=CC[PH](c1ccccc1)(c1ccccc1)c1ccccc1.[Cl][Pd]. The second kappa shape index (κ2) is 9.93. The van der Waals surface area contributed by atoms with Crippen LogP contribution in [-0.2, 0) is 18.2 Å². The summed E-state index contributed by atoms with van der Waals surface area (Å²) in [6.45, 7) is 4.06. The minimum absolute atomic E-state index is 1.00. The first-order valence-corrected chi connectivity index (χ1v) is 12.0. The molecule has 0 N–H and O–H groups in total. The van der Waals surface area contributed by atoms with Crippen LogP contribution in [0.4, 0.5) is 0 Å². The summed E-state index contributed by atoms with van der Waals surface area (Å²) in [5, 5.41) is 4.31. The van der Waals surface area contributed by atoms with E-state index in [4.69, 9.17) is 0 Å². The molecular weight excluding hydrogens is 425 g/mol. The van der Waals surface area contributed by atoms with Gasteiger partial charge < -0.3 is 0 Å². The normalized spacial score (nSPS) is 11.1. The van der Waals surface area contributed by atoms with Gasteiger partial charge in [0.25, 0.3) is 0 Å². The Labute approximate surface area is 160 Å². The van der Waals surface area contributed by atoms with Crippen molar-refractivity contribution in [1.82, 2.24) is 0 Å². The van der Waals surface area contributed by atoms with E-state index in [9.17, 15) is 0 Å². The van der Waals surface area contributed by atoms with Gasteiger partial charge in [-0.2, -0.15) is 0 Å². The van der Waals surface area contributed by atoms with E-state index in [0.717, 1.165) is 6.16 Å². The van der Waals surface area contributed by atoms with E-state index in [0.29, 0.717) is 0 Å². The van der Waals surface area contributed by atoms with Crippen LogP contribution in [-0.4, -0.2) is 6.16 Å². The Morgan fingerprint density at radius 1 is 0.667 bits per heavy atom. The van der Waals surface area contributed by atoms with Crippen LogP contribution in [0.3, 0.4) is 0 Å². The molecule has 0 saturated heterocycles. The zero-order chi connectivity index (χ0) is 17.3. The third-order valence-corrected chi connectivity index (χ3v) is 9.11. The van der Waals surface area contributed by atoms with E-state index >= 15 is 0 Å². The van der Waals surface area contributed by atoms with E-state index in [1.54, 1.807) is 0 Å². The van der Waals surface area contributed by atoms with Crippen LogP contribution in [0.15, 0.2) is 104 Å². The average molecular weight is 446 g/mol. The molecule has 0 radical (unpaired) electrons. The van der Waals surface area contributed by atoms with Crippen LogP contribution in [0.5, 0.6) is 0 Å². The quantitative estimate of drug-likeness (QED) is 0.306. The molecule has 0 spiro atoms. The van der Waals surface area contributed by atoms with Crippen molar-refractivity contribution in [1.29, 1.82) is 0 Å². The van der Waals surface area contributed by atoms with Crippen molar-refractivity contribution in [2.75, 3.05) is 6.16 Å². The summed E-state index contributed by atoms with van der Waals surface area (Å²) in [6, 6.07) is 32.8. The topological polar surface area (TPSA) is 0 Å². The zero-order valence-electron chi connectivity index (χ0n) is 13.3. The molecule has 0 bridgehead atoms. The number of allylic oxidation sites excluding steroid dienone is 1. The molecule has 127 valence electrons. The van der Waals surface area contributed by atoms with E-state index < -0.39 is 7.26 Å². The number of benzene rings is 3. The Balaban J connectivity index is 0.00000100. The molecule has 0 heterocycles. The van der Waals surface area contributed by atoms with Crippen LogP contribution < -0.4 is 15.9 Å². The fourth-order valence-electron chi connectivity index (χ4n) is 3.24. The van der Waals surface area contributed by atoms with Crippen molar-refractivity contribution in [3.63, 3.8) is 0 Å². The van der Waals surface area contributed by atoms with Gasteiger partial charge in [-0.3, -0.25) is 0 Å². The molecule has 0 unspecified atom stereocenters. The van der Waals surface area contributed by atoms with Crippen molar-refractivity contribution in [3.8, 4) is 0 Å². The molecule has 0 fully saturated rings. The molecule has 0 saturated carbocycles. The van der Waals surface area contributed by atoms with Gasteiger partial charge in [0.05, 0.1) is 0 Å². The molecule has 0 aliphatic carbocycles. The molecule has 0 atom stereocenters. The second-order valence-corrected chi connectivity index (χ2v) is 9.45. The minimum atomic E-state index is -2.04. The summed E-state index contributed by atoms with van der Waals surface area (Å²) >= 11 is 2.22. The molecule has 0 aliphatic rings. The summed E-state index contributed by atoms with van der Waals surface area (Å²) in [5.74, 6) is 0. The fraction of sp³-hybridized carbons (Fsp3) is 0.0476. The van der Waals surface area contributed by atoms with Crippen molar-refractivity contribution in [2.45, 2.75) is 0 Å². The van der Waals surface area contributed by atoms with Gasteiger partial charge in [0.15, 0.2) is 0 Å². The summed E-state index contributed by atoms with van der Waals surface area (Å²) in [4.78, 5) is 0. The summed E-state index contributed by atoms with van der Waals surface area (Å²) in [7, 11) is 2.45. The van der Waals surface area contributed by atoms with Crippen molar-refractivity contribution in [2.24, 2.45) is 0 Å². The van der Waals surface area contributed by atoms with Gasteiger partial charge in [-0.25, -0.2) is 0 Å². The monoisotopic (exact) mass is 445 g/mol. The van der Waals surface area contributed by atoms with Crippen molar-refractivity contribution < 1.29 is 18.2 Å². The first kappa shape index (κ1) is 19.1. The van der Waals surface area contributed by atoms with Crippen LogP contribution in [0.2, 0.25) is 0 Å².